The highest BCUT2D eigenvalue weighted by molar-refractivity contribution is 9.10. The zero-order valence-electron chi connectivity index (χ0n) is 9.77. The molecule has 0 aliphatic carbocycles. The molecule has 0 amide bonds. The lowest BCUT2D eigenvalue weighted by molar-refractivity contribution is 0.276. The molecule has 4 heteroatoms. The van der Waals surface area contributed by atoms with Crippen LogP contribution in [0, 0.1) is 0 Å². The Balaban J connectivity index is 2.30. The maximum absolute atomic E-state index is 9.24. The second kappa shape index (κ2) is 6.00. The van der Waals surface area contributed by atoms with Crippen LogP contribution in [-0.2, 0) is 13.2 Å². The number of hydrogen-bond donors (Lipinski definition) is 2. The minimum Gasteiger partial charge on any atom is -0.457 e. The average Bonchev–Trinajstić information content (AvgIpc) is 2.38. The third-order valence-electron chi connectivity index (χ3n) is 2.54. The second-order valence-corrected chi connectivity index (χ2v) is 4.78. The van der Waals surface area contributed by atoms with Crippen LogP contribution in [0.2, 0.25) is 0 Å². The summed E-state index contributed by atoms with van der Waals surface area (Å²) < 4.78 is 6.70. The monoisotopic (exact) mass is 307 g/mol. The Morgan fingerprint density at radius 3 is 2.67 bits per heavy atom. The van der Waals surface area contributed by atoms with E-state index in [1.54, 1.807) is 0 Å². The van der Waals surface area contributed by atoms with Gasteiger partial charge in [-0.15, -0.1) is 0 Å². The standard InChI is InChI=1S/C14H14BrNO2/c15-12-5-10(8-16)6-13(7-12)18-14-4-2-1-3-11(14)9-17/h1-7,17H,8-9,16H2. The van der Waals surface area contributed by atoms with Gasteiger partial charge in [0.2, 0.25) is 0 Å². The van der Waals surface area contributed by atoms with Crippen molar-refractivity contribution in [1.29, 1.82) is 0 Å². The Morgan fingerprint density at radius 1 is 1.17 bits per heavy atom. The summed E-state index contributed by atoms with van der Waals surface area (Å²) in [6, 6.07) is 13.1. The van der Waals surface area contributed by atoms with Crippen molar-refractivity contribution in [3.05, 3.63) is 58.1 Å². The fourth-order valence-corrected chi connectivity index (χ4v) is 2.18. The Kier molecular flexibility index (Phi) is 4.36. The van der Waals surface area contributed by atoms with E-state index in [0.717, 1.165) is 15.6 Å². The molecule has 0 saturated carbocycles. The summed E-state index contributed by atoms with van der Waals surface area (Å²) in [6.45, 7) is 0.408. The van der Waals surface area contributed by atoms with Gasteiger partial charge in [-0.2, -0.15) is 0 Å². The Labute approximate surface area is 114 Å². The maximum Gasteiger partial charge on any atom is 0.132 e. The summed E-state index contributed by atoms with van der Waals surface area (Å²) in [7, 11) is 0. The van der Waals surface area contributed by atoms with Crippen LogP contribution in [-0.4, -0.2) is 5.11 Å². The predicted octanol–water partition coefficient (Wildman–Crippen LogP) is 3.19. The number of ether oxygens (including phenoxy) is 1. The molecule has 0 aromatic heterocycles. The van der Waals surface area contributed by atoms with E-state index in [0.29, 0.717) is 18.0 Å². The Hall–Kier alpha value is -1.36. The van der Waals surface area contributed by atoms with Gasteiger partial charge in [-0.25, -0.2) is 0 Å². The van der Waals surface area contributed by atoms with Crippen LogP contribution in [0.15, 0.2) is 46.9 Å². The molecule has 2 aromatic rings. The Morgan fingerprint density at radius 2 is 1.94 bits per heavy atom. The van der Waals surface area contributed by atoms with Crippen molar-refractivity contribution < 1.29 is 9.84 Å². The van der Waals surface area contributed by atoms with Crippen LogP contribution in [0.25, 0.3) is 0 Å². The SMILES string of the molecule is NCc1cc(Br)cc(Oc2ccccc2CO)c1. The number of rotatable bonds is 4. The van der Waals surface area contributed by atoms with Crippen LogP contribution >= 0.6 is 15.9 Å². The molecule has 0 aliphatic rings. The Bertz CT molecular complexity index is 543. The molecule has 0 heterocycles. The van der Waals surface area contributed by atoms with Crippen molar-refractivity contribution >= 4 is 15.9 Å². The molecule has 0 spiro atoms. The summed E-state index contributed by atoms with van der Waals surface area (Å²) in [5.74, 6) is 1.35. The summed E-state index contributed by atoms with van der Waals surface area (Å²) in [6.07, 6.45) is 0. The number of para-hydroxylation sites is 1. The third kappa shape index (κ3) is 3.10. The second-order valence-electron chi connectivity index (χ2n) is 3.87. The van der Waals surface area contributed by atoms with Crippen molar-refractivity contribution in [2.24, 2.45) is 5.73 Å². The zero-order valence-corrected chi connectivity index (χ0v) is 11.4. The molecule has 0 radical (unpaired) electrons. The van der Waals surface area contributed by atoms with Gasteiger partial charge in [-0.05, 0) is 29.8 Å². The highest BCUT2D eigenvalue weighted by Crippen LogP contribution is 2.28. The number of benzene rings is 2. The molecule has 0 atom stereocenters. The first-order valence-electron chi connectivity index (χ1n) is 5.59. The molecular formula is C14H14BrNO2. The summed E-state index contributed by atoms with van der Waals surface area (Å²) in [5, 5.41) is 9.24. The van der Waals surface area contributed by atoms with Crippen LogP contribution in [0.5, 0.6) is 11.5 Å². The zero-order chi connectivity index (χ0) is 13.0. The minimum atomic E-state index is -0.0477. The molecule has 0 aliphatic heterocycles. The molecule has 18 heavy (non-hydrogen) atoms. The van der Waals surface area contributed by atoms with Crippen LogP contribution in [0.3, 0.4) is 0 Å². The van der Waals surface area contributed by atoms with E-state index in [-0.39, 0.29) is 6.61 Å². The largest absolute Gasteiger partial charge is 0.457 e. The summed E-state index contributed by atoms with van der Waals surface area (Å²) >= 11 is 3.42. The molecule has 0 saturated heterocycles. The molecule has 2 rings (SSSR count). The molecule has 0 unspecified atom stereocenters. The quantitative estimate of drug-likeness (QED) is 0.912. The van der Waals surface area contributed by atoms with Gasteiger partial charge in [0.25, 0.3) is 0 Å². The molecule has 3 nitrogen and oxygen atoms in total. The molecule has 2 aromatic carbocycles. The fraction of sp³-hybridized carbons (Fsp3) is 0.143. The highest BCUT2D eigenvalue weighted by atomic mass is 79.9. The van der Waals surface area contributed by atoms with Gasteiger partial charge < -0.3 is 15.6 Å². The normalized spacial score (nSPS) is 10.4. The first-order valence-corrected chi connectivity index (χ1v) is 6.38. The van der Waals surface area contributed by atoms with Gasteiger partial charge in [-0.1, -0.05) is 34.1 Å². The highest BCUT2D eigenvalue weighted by Gasteiger charge is 2.05. The molecular weight excluding hydrogens is 294 g/mol. The first kappa shape index (κ1) is 13.1. The van der Waals surface area contributed by atoms with Crippen LogP contribution in [0.4, 0.5) is 0 Å². The first-order chi connectivity index (χ1) is 8.72. The lowest BCUT2D eigenvalue weighted by Crippen LogP contribution is -1.97. The van der Waals surface area contributed by atoms with E-state index >= 15 is 0 Å². The van der Waals surface area contributed by atoms with Crippen molar-refractivity contribution in [2.45, 2.75) is 13.2 Å². The van der Waals surface area contributed by atoms with E-state index in [1.165, 1.54) is 0 Å². The van der Waals surface area contributed by atoms with Gasteiger partial charge in [0, 0.05) is 16.6 Å². The van der Waals surface area contributed by atoms with E-state index in [4.69, 9.17) is 10.5 Å². The van der Waals surface area contributed by atoms with Gasteiger partial charge in [0.05, 0.1) is 6.61 Å². The van der Waals surface area contributed by atoms with Gasteiger partial charge in [0.1, 0.15) is 11.5 Å². The molecule has 0 bridgehead atoms. The van der Waals surface area contributed by atoms with Crippen molar-refractivity contribution in [1.82, 2.24) is 0 Å². The number of halogens is 1. The maximum atomic E-state index is 9.24. The van der Waals surface area contributed by atoms with Crippen LogP contribution in [0.1, 0.15) is 11.1 Å². The summed E-state index contributed by atoms with van der Waals surface area (Å²) in [4.78, 5) is 0. The van der Waals surface area contributed by atoms with Crippen molar-refractivity contribution in [3.8, 4) is 11.5 Å². The van der Waals surface area contributed by atoms with Crippen molar-refractivity contribution in [3.63, 3.8) is 0 Å². The van der Waals surface area contributed by atoms with Crippen LogP contribution < -0.4 is 10.5 Å². The van der Waals surface area contributed by atoms with E-state index < -0.39 is 0 Å². The average molecular weight is 308 g/mol. The third-order valence-corrected chi connectivity index (χ3v) is 3.00. The lowest BCUT2D eigenvalue weighted by Gasteiger charge is -2.11. The predicted molar refractivity (Wildman–Crippen MR) is 74.5 cm³/mol. The number of aliphatic hydroxyl groups is 1. The molecule has 3 N–H and O–H groups in total. The van der Waals surface area contributed by atoms with E-state index in [2.05, 4.69) is 15.9 Å². The number of nitrogens with two attached hydrogens (primary N) is 1. The molecule has 94 valence electrons. The molecule has 0 fully saturated rings. The lowest BCUT2D eigenvalue weighted by atomic mass is 10.2. The van der Waals surface area contributed by atoms with Crippen molar-refractivity contribution in [2.75, 3.05) is 0 Å². The minimum absolute atomic E-state index is 0.0477. The topological polar surface area (TPSA) is 55.5 Å². The van der Waals surface area contributed by atoms with Gasteiger partial charge >= 0.3 is 0 Å². The van der Waals surface area contributed by atoms with E-state index in [1.807, 2.05) is 42.5 Å². The number of aliphatic hydroxyl groups excluding tert-OH is 1. The van der Waals surface area contributed by atoms with Gasteiger partial charge in [0.15, 0.2) is 0 Å². The van der Waals surface area contributed by atoms with E-state index in [9.17, 15) is 5.11 Å². The smallest absolute Gasteiger partial charge is 0.132 e. The van der Waals surface area contributed by atoms with Gasteiger partial charge in [-0.3, -0.25) is 0 Å². The summed E-state index contributed by atoms with van der Waals surface area (Å²) in [5.41, 5.74) is 7.36. The number of hydrogen-bond acceptors (Lipinski definition) is 3. The fourth-order valence-electron chi connectivity index (χ4n) is 1.66.